The van der Waals surface area contributed by atoms with Crippen molar-refractivity contribution in [1.82, 2.24) is 14.8 Å². The van der Waals surface area contributed by atoms with Crippen LogP contribution < -0.4 is 0 Å². The van der Waals surface area contributed by atoms with Gasteiger partial charge in [-0.2, -0.15) is 5.10 Å². The normalized spacial score (nSPS) is 10.0. The Morgan fingerprint density at radius 1 is 1.30 bits per heavy atom. The molecule has 10 heavy (non-hydrogen) atoms. The average molecular weight is 133 g/mol. The van der Waals surface area contributed by atoms with Gasteiger partial charge in [-0.15, -0.1) is 0 Å². The molecule has 0 spiro atoms. The van der Waals surface area contributed by atoms with Gasteiger partial charge in [0.2, 0.25) is 0 Å². The Morgan fingerprint density at radius 2 is 2.10 bits per heavy atom. The number of aromatic amines is 1. The van der Waals surface area contributed by atoms with E-state index in [4.69, 9.17) is 0 Å². The molecule has 3 nitrogen and oxygen atoms in total. The fourth-order valence-corrected chi connectivity index (χ4v) is 0.892. The second-order valence-electron chi connectivity index (χ2n) is 2.05. The minimum absolute atomic E-state index is 1.06. The van der Waals surface area contributed by atoms with Crippen LogP contribution in [0.1, 0.15) is 0 Å². The van der Waals surface area contributed by atoms with Crippen LogP contribution in [0.15, 0.2) is 36.9 Å². The van der Waals surface area contributed by atoms with Gasteiger partial charge in [0, 0.05) is 18.6 Å². The van der Waals surface area contributed by atoms with Crippen molar-refractivity contribution in [3.63, 3.8) is 0 Å². The summed E-state index contributed by atoms with van der Waals surface area (Å²) in [5.74, 6) is 0. The summed E-state index contributed by atoms with van der Waals surface area (Å²) in [5.41, 5.74) is 1.06. The Balaban J connectivity index is 2.48. The molecule has 50 valence electrons. The van der Waals surface area contributed by atoms with Crippen LogP contribution in [-0.2, 0) is 0 Å². The third-order valence-electron chi connectivity index (χ3n) is 1.39. The first-order valence-electron chi connectivity index (χ1n) is 3.09. The second-order valence-corrected chi connectivity index (χ2v) is 2.05. The fraction of sp³-hybridized carbons (Fsp3) is 0. The van der Waals surface area contributed by atoms with Crippen LogP contribution in [0.25, 0.3) is 5.69 Å². The molecular formula is C7H7N3. The van der Waals surface area contributed by atoms with E-state index in [1.807, 2.05) is 35.3 Å². The third kappa shape index (κ3) is 0.719. The van der Waals surface area contributed by atoms with Crippen LogP contribution in [-0.4, -0.2) is 14.8 Å². The van der Waals surface area contributed by atoms with Gasteiger partial charge in [0.1, 0.15) is 0 Å². The number of nitrogens with one attached hydrogen (secondary N) is 1. The highest BCUT2D eigenvalue weighted by Gasteiger charge is 1.91. The molecule has 2 aromatic rings. The van der Waals surface area contributed by atoms with Crippen molar-refractivity contribution in [1.29, 1.82) is 0 Å². The fourth-order valence-electron chi connectivity index (χ4n) is 0.892. The summed E-state index contributed by atoms with van der Waals surface area (Å²) in [5, 5.41) is 6.58. The van der Waals surface area contributed by atoms with Crippen molar-refractivity contribution in [2.24, 2.45) is 0 Å². The molecule has 0 aliphatic rings. The summed E-state index contributed by atoms with van der Waals surface area (Å²) >= 11 is 0. The molecule has 0 aliphatic carbocycles. The van der Waals surface area contributed by atoms with E-state index in [9.17, 15) is 0 Å². The van der Waals surface area contributed by atoms with Gasteiger partial charge in [0.25, 0.3) is 0 Å². The zero-order valence-corrected chi connectivity index (χ0v) is 5.36. The summed E-state index contributed by atoms with van der Waals surface area (Å²) in [6.07, 6.45) is 7.58. The van der Waals surface area contributed by atoms with E-state index in [2.05, 4.69) is 10.2 Å². The zero-order chi connectivity index (χ0) is 6.81. The molecule has 0 saturated carbocycles. The van der Waals surface area contributed by atoms with E-state index in [1.54, 1.807) is 6.20 Å². The lowest BCUT2D eigenvalue weighted by Crippen LogP contribution is -1.84. The van der Waals surface area contributed by atoms with E-state index in [0.717, 1.165) is 5.69 Å². The lowest BCUT2D eigenvalue weighted by molar-refractivity contribution is 1.08. The van der Waals surface area contributed by atoms with Gasteiger partial charge in [0.15, 0.2) is 0 Å². The number of hydrogen-bond acceptors (Lipinski definition) is 1. The van der Waals surface area contributed by atoms with Crippen molar-refractivity contribution in [2.75, 3.05) is 0 Å². The van der Waals surface area contributed by atoms with Crippen molar-refractivity contribution < 1.29 is 0 Å². The Bertz CT molecular complexity index is 248. The molecular weight excluding hydrogens is 126 g/mol. The van der Waals surface area contributed by atoms with Gasteiger partial charge in [-0.3, -0.25) is 5.10 Å². The SMILES string of the molecule is c1ccn(-c2cn[nH]c2)c1. The highest BCUT2D eigenvalue weighted by Crippen LogP contribution is 2.02. The van der Waals surface area contributed by atoms with Gasteiger partial charge in [-0.1, -0.05) is 0 Å². The first-order chi connectivity index (χ1) is 4.97. The molecule has 1 N–H and O–H groups in total. The van der Waals surface area contributed by atoms with Crippen molar-refractivity contribution in [2.45, 2.75) is 0 Å². The van der Waals surface area contributed by atoms with E-state index in [0.29, 0.717) is 0 Å². The number of H-pyrrole nitrogens is 1. The lowest BCUT2D eigenvalue weighted by Gasteiger charge is -1.92. The van der Waals surface area contributed by atoms with Crippen LogP contribution in [0.5, 0.6) is 0 Å². The van der Waals surface area contributed by atoms with Gasteiger partial charge < -0.3 is 4.57 Å². The van der Waals surface area contributed by atoms with Crippen molar-refractivity contribution in [3.8, 4) is 5.69 Å². The van der Waals surface area contributed by atoms with E-state index < -0.39 is 0 Å². The summed E-state index contributed by atoms with van der Waals surface area (Å²) in [6.45, 7) is 0. The van der Waals surface area contributed by atoms with Crippen LogP contribution in [0, 0.1) is 0 Å². The molecule has 2 heterocycles. The maximum absolute atomic E-state index is 3.83. The van der Waals surface area contributed by atoms with Crippen LogP contribution >= 0.6 is 0 Å². The average Bonchev–Trinajstić information content (AvgIpc) is 2.59. The van der Waals surface area contributed by atoms with Gasteiger partial charge in [0.05, 0.1) is 11.9 Å². The predicted molar refractivity (Wildman–Crippen MR) is 37.9 cm³/mol. The van der Waals surface area contributed by atoms with Crippen molar-refractivity contribution >= 4 is 0 Å². The Labute approximate surface area is 58.3 Å². The molecule has 0 aromatic carbocycles. The summed E-state index contributed by atoms with van der Waals surface area (Å²) in [7, 11) is 0. The number of hydrogen-bond donors (Lipinski definition) is 1. The molecule has 0 fully saturated rings. The molecule has 0 radical (unpaired) electrons. The van der Waals surface area contributed by atoms with E-state index in [-0.39, 0.29) is 0 Å². The predicted octanol–water partition coefficient (Wildman–Crippen LogP) is 1.20. The largest absolute Gasteiger partial charge is 0.321 e. The number of nitrogens with zero attached hydrogens (tertiary/aromatic N) is 2. The molecule has 0 amide bonds. The lowest BCUT2D eigenvalue weighted by atomic mass is 10.6. The molecule has 0 aliphatic heterocycles. The molecule has 2 aromatic heterocycles. The standard InChI is InChI=1S/C7H7N3/c1-2-4-10(3-1)7-5-8-9-6-7/h1-6H,(H,8,9). The maximum atomic E-state index is 3.83. The van der Waals surface area contributed by atoms with Crippen LogP contribution in [0.4, 0.5) is 0 Å². The zero-order valence-electron chi connectivity index (χ0n) is 5.36. The molecule has 3 heteroatoms. The summed E-state index contributed by atoms with van der Waals surface area (Å²) in [4.78, 5) is 0. The smallest absolute Gasteiger partial charge is 0.0830 e. The third-order valence-corrected chi connectivity index (χ3v) is 1.39. The Hall–Kier alpha value is -1.51. The van der Waals surface area contributed by atoms with E-state index >= 15 is 0 Å². The molecule has 0 bridgehead atoms. The number of rotatable bonds is 1. The Morgan fingerprint density at radius 3 is 2.70 bits per heavy atom. The van der Waals surface area contributed by atoms with Crippen LogP contribution in [0.2, 0.25) is 0 Å². The highest BCUT2D eigenvalue weighted by atomic mass is 15.1. The molecule has 0 atom stereocenters. The highest BCUT2D eigenvalue weighted by molar-refractivity contribution is 5.25. The topological polar surface area (TPSA) is 33.6 Å². The van der Waals surface area contributed by atoms with Gasteiger partial charge in [-0.25, -0.2) is 0 Å². The first-order valence-corrected chi connectivity index (χ1v) is 3.09. The number of aromatic nitrogens is 3. The minimum Gasteiger partial charge on any atom is -0.321 e. The summed E-state index contributed by atoms with van der Waals surface area (Å²) < 4.78 is 1.99. The van der Waals surface area contributed by atoms with Gasteiger partial charge >= 0.3 is 0 Å². The quantitative estimate of drug-likeness (QED) is 0.623. The first kappa shape index (κ1) is 5.29. The maximum Gasteiger partial charge on any atom is 0.0830 e. The Kier molecular flexibility index (Phi) is 1.07. The second kappa shape index (κ2) is 2.02. The minimum atomic E-state index is 1.06. The summed E-state index contributed by atoms with van der Waals surface area (Å²) in [6, 6.07) is 3.96. The molecule has 0 unspecified atom stereocenters. The molecule has 2 rings (SSSR count). The van der Waals surface area contributed by atoms with E-state index in [1.165, 1.54) is 0 Å². The monoisotopic (exact) mass is 133 g/mol. The van der Waals surface area contributed by atoms with Crippen LogP contribution in [0.3, 0.4) is 0 Å². The van der Waals surface area contributed by atoms with Crippen molar-refractivity contribution in [3.05, 3.63) is 36.9 Å². The van der Waals surface area contributed by atoms with Gasteiger partial charge in [-0.05, 0) is 12.1 Å². The molecule has 0 saturated heterocycles.